The third-order valence-electron chi connectivity index (χ3n) is 37.2. The first kappa shape index (κ1) is 67.7. The van der Waals surface area contributed by atoms with Gasteiger partial charge >= 0.3 is 23.9 Å². The molecule has 0 amide bonds. The van der Waals surface area contributed by atoms with E-state index in [9.17, 15) is 34.4 Å². The van der Waals surface area contributed by atoms with Crippen molar-refractivity contribution in [1.82, 2.24) is 0 Å². The van der Waals surface area contributed by atoms with Crippen LogP contribution in [0.5, 0.6) is 0 Å². The van der Waals surface area contributed by atoms with Crippen LogP contribution in [-0.2, 0) is 42.9 Å². The van der Waals surface area contributed by atoms with E-state index in [1.807, 2.05) is 6.08 Å². The number of ketones is 1. The van der Waals surface area contributed by atoms with Crippen LogP contribution in [-0.4, -0.2) is 84.8 Å². The van der Waals surface area contributed by atoms with Gasteiger partial charge in [-0.05, 0) is 332 Å². The lowest BCUT2D eigenvalue weighted by Gasteiger charge is -2.59. The second-order valence-electron chi connectivity index (χ2n) is 40.3. The predicted molar refractivity (Wildman–Crippen MR) is 396 cm³/mol. The van der Waals surface area contributed by atoms with Gasteiger partial charge in [-0.25, -0.2) is 19.2 Å². The van der Waals surface area contributed by atoms with Crippen molar-refractivity contribution in [2.45, 2.75) is 224 Å². The normalized spacial score (nSPS) is 55.1. The number of carbonyl (C=O) groups excluding carboxylic acids is 5. The largest absolute Gasteiger partial charge is 0.451 e. The summed E-state index contributed by atoms with van der Waals surface area (Å²) in [5.74, 6) is 17.3. The zero-order valence-corrected chi connectivity index (χ0v) is 63.1. The van der Waals surface area contributed by atoms with Crippen molar-refractivity contribution in [2.24, 2.45) is 191 Å². The quantitative estimate of drug-likeness (QED) is 0.0966. The van der Waals surface area contributed by atoms with Crippen LogP contribution in [0.4, 0.5) is 0 Å². The van der Waals surface area contributed by atoms with Crippen LogP contribution in [0.2, 0.25) is 0 Å². The van der Waals surface area contributed by atoms with Crippen LogP contribution >= 0.6 is 0 Å². The van der Waals surface area contributed by atoms with Gasteiger partial charge in [0.15, 0.2) is 5.78 Å². The maximum atomic E-state index is 12.1. The van der Waals surface area contributed by atoms with Crippen LogP contribution in [0.25, 0.3) is 0 Å². The number of hydrogen-bond acceptors (Lipinski definition) is 15. The van der Waals surface area contributed by atoms with Crippen LogP contribution in [0.1, 0.15) is 202 Å². The molecular formula is C91H111N3O12. The molecule has 4 heterocycles. The Hall–Kier alpha value is -6.38. The minimum atomic E-state index is -0.336. The highest BCUT2D eigenvalue weighted by Crippen LogP contribution is 2.83. The SMILES string of the molecule is CC1CC2=C/C(=N/O)CC[C@@H]2C2CC[C@@]3(C)C(C4CC4[C@@]34C=CC(=O)O4)C12.CCC1CC2=C/C(=N/O)CC[C@@H]2C2CC[C@@]3(C)C(C4CC4[C@@]34C=CC(=O)O4)C12.C[C@]12CCC3C(C=CC4=CC(=O)CC[C@@H]43)C1C1CC1[C@@]21C=CC(=O)O1.C[C@]12CCC3C(CCC4=C/C(=N/O)CC[C@@H]43)C1C1CC1[C@@]21C=CC(=O)O1. The molecule has 0 radical (unpaired) electrons. The number of ether oxygens (including phenoxy) is 4. The first-order chi connectivity index (χ1) is 51.1. The Morgan fingerprint density at radius 3 is 1.29 bits per heavy atom. The first-order valence-electron chi connectivity index (χ1n) is 42.5. The van der Waals surface area contributed by atoms with E-state index in [1.165, 1.54) is 100 Å². The molecule has 106 heavy (non-hydrogen) atoms. The molecule has 4 aliphatic heterocycles. The minimum Gasteiger partial charge on any atom is -0.451 e. The number of allylic oxidation sites excluding steroid dienone is 10. The van der Waals surface area contributed by atoms with Crippen molar-refractivity contribution in [3.05, 3.63) is 107 Å². The summed E-state index contributed by atoms with van der Waals surface area (Å²) in [5.41, 5.74) is 7.59. The summed E-state index contributed by atoms with van der Waals surface area (Å²) in [6.07, 6.45) is 56.7. The van der Waals surface area contributed by atoms with Crippen LogP contribution < -0.4 is 0 Å². The van der Waals surface area contributed by atoms with E-state index in [0.717, 1.165) is 141 Å². The molecule has 0 saturated heterocycles. The zero-order valence-electron chi connectivity index (χ0n) is 63.1. The number of hydrogen-bond donors (Lipinski definition) is 3. The Morgan fingerprint density at radius 2 is 0.811 bits per heavy atom. The molecule has 0 aromatic heterocycles. The van der Waals surface area contributed by atoms with Crippen molar-refractivity contribution >= 4 is 46.8 Å². The van der Waals surface area contributed by atoms with Gasteiger partial charge in [0.2, 0.25) is 0 Å². The topological polar surface area (TPSA) is 220 Å². The summed E-state index contributed by atoms with van der Waals surface area (Å²) in [7, 11) is 0. The highest BCUT2D eigenvalue weighted by molar-refractivity contribution is 5.97. The minimum absolute atomic E-state index is 0.0699. The summed E-state index contributed by atoms with van der Waals surface area (Å²) < 4.78 is 24.2. The van der Waals surface area contributed by atoms with E-state index < -0.39 is 0 Å². The van der Waals surface area contributed by atoms with Crippen molar-refractivity contribution in [2.75, 3.05) is 0 Å². The predicted octanol–water partition coefficient (Wildman–Crippen LogP) is 16.8. The lowest BCUT2D eigenvalue weighted by atomic mass is 9.46. The van der Waals surface area contributed by atoms with Crippen molar-refractivity contribution in [3.63, 3.8) is 0 Å². The Kier molecular flexibility index (Phi) is 14.8. The fraction of sp³-hybridized carbons (Fsp3) is 0.714. The highest BCUT2D eigenvalue weighted by Gasteiger charge is 2.82. The van der Waals surface area contributed by atoms with Crippen LogP contribution in [0.15, 0.2) is 123 Å². The molecular weight excluding hydrogens is 1330 g/mol. The van der Waals surface area contributed by atoms with Crippen molar-refractivity contribution in [1.29, 1.82) is 0 Å². The summed E-state index contributed by atoms with van der Waals surface area (Å²) in [5, 5.41) is 38.1. The van der Waals surface area contributed by atoms with E-state index in [-0.39, 0.29) is 67.9 Å². The Morgan fingerprint density at radius 1 is 0.406 bits per heavy atom. The number of nitrogens with zero attached hydrogens (tertiary/aromatic N) is 3. The molecule has 15 saturated carbocycles. The Bertz CT molecular complexity index is 4280. The fourth-order valence-electron chi connectivity index (χ4n) is 33.3. The molecule has 0 aromatic rings. The lowest BCUT2D eigenvalue weighted by molar-refractivity contribution is -0.170. The van der Waals surface area contributed by atoms with Crippen LogP contribution in [0, 0.1) is 176 Å². The number of fused-ring (bicyclic) bond motifs is 36. The van der Waals surface area contributed by atoms with E-state index >= 15 is 0 Å². The zero-order chi connectivity index (χ0) is 72.5. The number of esters is 4. The average Bonchev–Trinajstić information content (AvgIpc) is 1.52. The third-order valence-corrected chi connectivity index (χ3v) is 37.2. The molecule has 15 heteroatoms. The summed E-state index contributed by atoms with van der Waals surface area (Å²) in [4.78, 5) is 59.8. The van der Waals surface area contributed by atoms with E-state index in [4.69, 9.17) is 24.2 Å². The second-order valence-corrected chi connectivity index (χ2v) is 40.3. The van der Waals surface area contributed by atoms with Gasteiger partial charge in [-0.2, -0.15) is 0 Å². The number of carbonyl (C=O) groups is 5. The van der Waals surface area contributed by atoms with Gasteiger partial charge in [0.25, 0.3) is 0 Å². The van der Waals surface area contributed by atoms with Gasteiger partial charge in [-0.15, -0.1) is 0 Å². The molecule has 34 atom stereocenters. The van der Waals surface area contributed by atoms with Crippen LogP contribution in [0.3, 0.4) is 0 Å². The molecule has 24 rings (SSSR count). The smallest absolute Gasteiger partial charge is 0.331 e. The molecule has 24 aliphatic rings. The van der Waals surface area contributed by atoms with Gasteiger partial charge in [0.05, 0.1) is 17.1 Å². The molecule has 15 fully saturated rings. The molecule has 4 spiro atoms. The summed E-state index contributed by atoms with van der Waals surface area (Å²) in [6.45, 7) is 14.5. The standard InChI is InChI=1S/C24H31NO3.C23H29NO3.C22H27NO3.C22H24O3/c1-3-13-10-14-11-15(25-27)4-5-16(14)17-6-8-23(2)22(21(13)17)18-12-19(18)24(23)9-7-20(26)28-24;1-12-9-13-10-14(24-26)3-4-15(13)16-5-7-22(2)21(20(12)16)17-11-18(17)23(22)8-6-19(25)27-23;1-21-8-6-15-14-5-3-13(23-25)10-12(14)2-4-16(15)20(21)17-11-18(17)22(21)9-7-19(24)26-22;1-21-8-6-15-14-5-3-13(23)10-12(14)2-4-16(15)20(21)17-11-18(17)22(21)9-7-19(24)25-22/h7,9,11,13,16-19,21-22,27H,3-6,8,10,12H2,1-2H3;6,8,10,12,15-18,20-21,26H,3-5,7,9,11H2,1-2H3;7,9-10,14-18,20,25H,2-6,8,11H2,1H3;2,4,7,9-10,14-18,20H,3,5-6,8,11H2,1H3/b25-15+;24-14+;23-13+;/t13?,16-,17?,18?,19?,21?,22?,23-,24-;12?,15-,16?,17?,18?,20?,21?,22-,23-;2*14-,15?,16?,17?,18?,20?,21-,22-/m0000/s1. The Balaban J connectivity index is 0.0000000908. The molecule has 0 aromatic carbocycles. The average molecular weight is 1440 g/mol. The fourth-order valence-corrected chi connectivity index (χ4v) is 33.3. The van der Waals surface area contributed by atoms with E-state index in [1.54, 1.807) is 29.9 Å². The maximum Gasteiger partial charge on any atom is 0.331 e. The van der Waals surface area contributed by atoms with Gasteiger partial charge in [-0.3, -0.25) is 4.79 Å². The lowest BCUT2D eigenvalue weighted by Crippen LogP contribution is -2.56. The van der Waals surface area contributed by atoms with Gasteiger partial charge < -0.3 is 34.6 Å². The molecule has 22 unspecified atom stereocenters. The maximum absolute atomic E-state index is 12.1. The van der Waals surface area contributed by atoms with Gasteiger partial charge in [0.1, 0.15) is 22.4 Å². The third kappa shape index (κ3) is 8.92. The van der Waals surface area contributed by atoms with Crippen molar-refractivity contribution in [3.8, 4) is 0 Å². The molecule has 20 aliphatic carbocycles. The number of oxime groups is 3. The van der Waals surface area contributed by atoms with Crippen molar-refractivity contribution < 1.29 is 58.5 Å². The summed E-state index contributed by atoms with van der Waals surface area (Å²) >= 11 is 0. The van der Waals surface area contributed by atoms with Gasteiger partial charge in [-0.1, -0.05) is 92.3 Å². The first-order valence-corrected chi connectivity index (χ1v) is 42.5. The monoisotopic (exact) mass is 1440 g/mol. The van der Waals surface area contributed by atoms with Gasteiger partial charge in [0, 0.05) is 76.1 Å². The summed E-state index contributed by atoms with van der Waals surface area (Å²) in [6, 6.07) is 0. The second kappa shape index (κ2) is 23.1. The van der Waals surface area contributed by atoms with E-state index in [2.05, 4.69) is 112 Å². The number of rotatable bonds is 1. The molecule has 0 bridgehead atoms. The van der Waals surface area contributed by atoms with E-state index in [0.29, 0.717) is 113 Å². The molecule has 15 nitrogen and oxygen atoms in total. The molecule has 3 N–H and O–H groups in total. The highest BCUT2D eigenvalue weighted by atomic mass is 16.6. The molecule has 562 valence electrons. The Labute approximate surface area is 624 Å².